The number of ether oxygens (including phenoxy) is 3. The van der Waals surface area contributed by atoms with Gasteiger partial charge in [-0.3, -0.25) is 9.36 Å². The Labute approximate surface area is 217 Å². The van der Waals surface area contributed by atoms with E-state index in [9.17, 15) is 9.59 Å². The molecule has 0 aliphatic carbocycles. The molecule has 0 saturated carbocycles. The quantitative estimate of drug-likeness (QED) is 0.241. The second-order valence-electron chi connectivity index (χ2n) is 8.37. The summed E-state index contributed by atoms with van der Waals surface area (Å²) in [5, 5.41) is 0. The summed E-state index contributed by atoms with van der Waals surface area (Å²) in [5.41, 5.74) is 2.69. The Morgan fingerprint density at radius 3 is 2.28 bits per heavy atom. The molecule has 2 aromatic carbocycles. The van der Waals surface area contributed by atoms with Crippen LogP contribution in [0.3, 0.4) is 0 Å². The molecule has 0 atom stereocenters. The lowest BCUT2D eigenvalue weighted by Gasteiger charge is -2.16. The molecule has 0 N–H and O–H groups in total. The third kappa shape index (κ3) is 6.43. The van der Waals surface area contributed by atoms with Crippen LogP contribution < -0.4 is 9.47 Å². The maximum absolute atomic E-state index is 13.3. The number of amides is 1. The van der Waals surface area contributed by atoms with E-state index in [2.05, 4.69) is 6.26 Å². The fourth-order valence-electron chi connectivity index (χ4n) is 3.77. The number of esters is 1. The Balaban J connectivity index is 2.09. The highest BCUT2D eigenvalue weighted by Crippen LogP contribution is 2.35. The number of hydrogen-bond donors (Lipinski definition) is 0. The molecule has 0 spiro atoms. The van der Waals surface area contributed by atoms with E-state index < -0.39 is 5.97 Å². The van der Waals surface area contributed by atoms with E-state index in [0.717, 1.165) is 23.5 Å². The summed E-state index contributed by atoms with van der Waals surface area (Å²) in [7, 11) is 3.36. The minimum absolute atomic E-state index is 0.184. The van der Waals surface area contributed by atoms with Crippen molar-refractivity contribution in [2.75, 3.05) is 39.3 Å². The number of carbonyl (C=O) groups is 2. The Morgan fingerprint density at radius 2 is 1.67 bits per heavy atom. The maximum Gasteiger partial charge on any atom is 0.359 e. The lowest BCUT2D eigenvalue weighted by atomic mass is 10.2. The second-order valence-corrected chi connectivity index (χ2v) is 9.36. The van der Waals surface area contributed by atoms with Crippen molar-refractivity contribution in [1.82, 2.24) is 9.47 Å². The normalized spacial score (nSPS) is 10.7. The van der Waals surface area contributed by atoms with E-state index in [4.69, 9.17) is 14.2 Å². The molecule has 0 unspecified atom stereocenters. The first kappa shape index (κ1) is 27.2. The third-order valence-electron chi connectivity index (χ3n) is 5.52. The molecule has 0 aliphatic rings. The van der Waals surface area contributed by atoms with Crippen LogP contribution in [0.1, 0.15) is 45.4 Å². The zero-order valence-electron chi connectivity index (χ0n) is 21.6. The van der Waals surface area contributed by atoms with Gasteiger partial charge >= 0.3 is 5.97 Å². The number of nitrogens with zero attached hydrogens (tertiary/aromatic N) is 2. The topological polar surface area (TPSA) is 70.0 Å². The molecule has 192 valence electrons. The molecule has 1 heterocycles. The van der Waals surface area contributed by atoms with Gasteiger partial charge in [-0.25, -0.2) is 4.79 Å². The molecule has 1 amide bonds. The number of rotatable bonds is 12. The van der Waals surface area contributed by atoms with Crippen molar-refractivity contribution in [3.63, 3.8) is 0 Å². The van der Waals surface area contributed by atoms with Crippen LogP contribution in [0.25, 0.3) is 5.69 Å². The average molecular weight is 511 g/mol. The van der Waals surface area contributed by atoms with Crippen molar-refractivity contribution in [3.05, 3.63) is 77.1 Å². The summed E-state index contributed by atoms with van der Waals surface area (Å²) in [6, 6.07) is 17.0. The SMILES string of the molecule is CCOC(=O)c1c(OCc2ccccc2)c(C)c(C(=O)N(C)C)n1-c1ccc(OCCCSC)cc1. The van der Waals surface area contributed by atoms with Gasteiger partial charge in [-0.05, 0) is 62.1 Å². The maximum atomic E-state index is 13.3. The van der Waals surface area contributed by atoms with Crippen molar-refractivity contribution in [3.8, 4) is 17.2 Å². The van der Waals surface area contributed by atoms with Crippen LogP contribution >= 0.6 is 11.8 Å². The number of carbonyl (C=O) groups excluding carboxylic acids is 2. The van der Waals surface area contributed by atoms with Gasteiger partial charge in [0.1, 0.15) is 18.1 Å². The second kappa shape index (κ2) is 13.1. The molecule has 0 saturated heterocycles. The first-order valence-corrected chi connectivity index (χ1v) is 13.3. The number of aromatic nitrogens is 1. The Morgan fingerprint density at radius 1 is 0.972 bits per heavy atom. The lowest BCUT2D eigenvalue weighted by Crippen LogP contribution is -2.26. The van der Waals surface area contributed by atoms with Crippen LogP contribution in [-0.4, -0.2) is 60.7 Å². The Hall–Kier alpha value is -3.39. The first-order chi connectivity index (χ1) is 17.4. The molecule has 0 bridgehead atoms. The van der Waals surface area contributed by atoms with Crippen LogP contribution in [0.4, 0.5) is 0 Å². The Kier molecular flexibility index (Phi) is 9.87. The van der Waals surface area contributed by atoms with Gasteiger partial charge in [0.05, 0.1) is 13.2 Å². The molecular formula is C28H34N2O5S. The smallest absolute Gasteiger partial charge is 0.359 e. The Bertz CT molecular complexity index is 1160. The van der Waals surface area contributed by atoms with Crippen molar-refractivity contribution < 1.29 is 23.8 Å². The van der Waals surface area contributed by atoms with Crippen molar-refractivity contribution in [2.24, 2.45) is 0 Å². The van der Waals surface area contributed by atoms with Crippen LogP contribution in [0.2, 0.25) is 0 Å². The summed E-state index contributed by atoms with van der Waals surface area (Å²) in [4.78, 5) is 28.0. The van der Waals surface area contributed by atoms with Gasteiger partial charge in [-0.1, -0.05) is 30.3 Å². The van der Waals surface area contributed by atoms with Gasteiger partial charge in [-0.2, -0.15) is 11.8 Å². The third-order valence-corrected chi connectivity index (χ3v) is 6.21. The zero-order valence-corrected chi connectivity index (χ0v) is 22.4. The average Bonchev–Trinajstić information content (AvgIpc) is 3.17. The summed E-state index contributed by atoms with van der Waals surface area (Å²) < 4.78 is 19.0. The van der Waals surface area contributed by atoms with Crippen LogP contribution in [0.15, 0.2) is 54.6 Å². The highest BCUT2D eigenvalue weighted by Gasteiger charge is 2.32. The van der Waals surface area contributed by atoms with Gasteiger partial charge in [0, 0.05) is 25.3 Å². The summed E-state index contributed by atoms with van der Waals surface area (Å²) >= 11 is 1.78. The van der Waals surface area contributed by atoms with Gasteiger partial charge in [0.2, 0.25) is 0 Å². The minimum Gasteiger partial charge on any atom is -0.494 e. The van der Waals surface area contributed by atoms with Crippen LogP contribution in [0.5, 0.6) is 11.5 Å². The molecule has 3 aromatic rings. The highest BCUT2D eigenvalue weighted by atomic mass is 32.2. The summed E-state index contributed by atoms with van der Waals surface area (Å²) in [5.74, 6) is 1.29. The van der Waals surface area contributed by atoms with Gasteiger partial charge in [-0.15, -0.1) is 0 Å². The molecular weight excluding hydrogens is 476 g/mol. The largest absolute Gasteiger partial charge is 0.494 e. The predicted molar refractivity (Wildman–Crippen MR) is 144 cm³/mol. The summed E-state index contributed by atoms with van der Waals surface area (Å²) in [6.45, 7) is 4.60. The van der Waals surface area contributed by atoms with E-state index in [0.29, 0.717) is 29.3 Å². The molecule has 0 aliphatic heterocycles. The van der Waals surface area contributed by atoms with E-state index in [1.807, 2.05) is 54.6 Å². The number of thioether (sulfide) groups is 1. The molecule has 1 aromatic heterocycles. The van der Waals surface area contributed by atoms with E-state index in [1.54, 1.807) is 44.3 Å². The van der Waals surface area contributed by atoms with Crippen molar-refractivity contribution >= 4 is 23.6 Å². The monoisotopic (exact) mass is 510 g/mol. The fourth-order valence-corrected chi connectivity index (χ4v) is 4.17. The van der Waals surface area contributed by atoms with Crippen molar-refractivity contribution in [2.45, 2.75) is 26.9 Å². The fraction of sp³-hybridized carbons (Fsp3) is 0.357. The van der Waals surface area contributed by atoms with E-state index >= 15 is 0 Å². The molecule has 0 radical (unpaired) electrons. The van der Waals surface area contributed by atoms with E-state index in [1.165, 1.54) is 4.90 Å². The van der Waals surface area contributed by atoms with Crippen molar-refractivity contribution in [1.29, 1.82) is 0 Å². The number of benzene rings is 2. The lowest BCUT2D eigenvalue weighted by molar-refractivity contribution is 0.0511. The molecule has 7 nitrogen and oxygen atoms in total. The van der Waals surface area contributed by atoms with Gasteiger partial charge in [0.15, 0.2) is 11.4 Å². The molecule has 8 heteroatoms. The minimum atomic E-state index is -0.557. The molecule has 36 heavy (non-hydrogen) atoms. The summed E-state index contributed by atoms with van der Waals surface area (Å²) in [6.07, 6.45) is 3.02. The number of hydrogen-bond acceptors (Lipinski definition) is 6. The molecule has 0 fully saturated rings. The predicted octanol–water partition coefficient (Wildman–Crippen LogP) is 5.38. The zero-order chi connectivity index (χ0) is 26.1. The van der Waals surface area contributed by atoms with Crippen LogP contribution in [-0.2, 0) is 11.3 Å². The molecule has 3 rings (SSSR count). The highest BCUT2D eigenvalue weighted by molar-refractivity contribution is 7.98. The van der Waals surface area contributed by atoms with Crippen LogP contribution in [0, 0.1) is 6.92 Å². The standard InChI is InChI=1S/C28H34N2O5S/c1-6-33-28(32)25-26(35-19-21-11-8-7-9-12-21)20(2)24(27(31)29(3)4)30(25)22-13-15-23(16-14-22)34-17-10-18-36-5/h7-9,11-16H,6,10,17-19H2,1-5H3. The first-order valence-electron chi connectivity index (χ1n) is 11.9. The van der Waals surface area contributed by atoms with Gasteiger partial charge < -0.3 is 19.1 Å². The van der Waals surface area contributed by atoms with E-state index in [-0.39, 0.29) is 24.8 Å². The van der Waals surface area contributed by atoms with Gasteiger partial charge in [0.25, 0.3) is 5.91 Å².